The molecular formula is C22H25NO6. The number of carboxylic acid groups (broad SMARTS) is 1. The quantitative estimate of drug-likeness (QED) is 0.258. The van der Waals surface area contributed by atoms with Crippen LogP contribution in [-0.4, -0.2) is 35.5 Å². The van der Waals surface area contributed by atoms with E-state index < -0.39 is 18.0 Å². The molecule has 0 radical (unpaired) electrons. The number of aliphatic carboxylic acids is 1. The lowest BCUT2D eigenvalue weighted by Crippen LogP contribution is -2.32. The van der Waals surface area contributed by atoms with Crippen LogP contribution in [-0.2, 0) is 27.4 Å². The fourth-order valence-corrected chi connectivity index (χ4v) is 2.67. The Labute approximate surface area is 169 Å². The number of hydrogen-bond acceptors (Lipinski definition) is 6. The number of carboxylic acids is 1. The van der Waals surface area contributed by atoms with Gasteiger partial charge in [0.05, 0.1) is 12.2 Å². The fourth-order valence-electron chi connectivity index (χ4n) is 2.67. The van der Waals surface area contributed by atoms with Gasteiger partial charge in [0, 0.05) is 13.0 Å². The Morgan fingerprint density at radius 1 is 1.07 bits per heavy atom. The number of carbonyl (C=O) groups excluding carboxylic acids is 2. The Kier molecular flexibility index (Phi) is 8.51. The monoisotopic (exact) mass is 399 g/mol. The van der Waals surface area contributed by atoms with E-state index in [1.165, 1.54) is 19.1 Å². The maximum absolute atomic E-state index is 12.1. The molecule has 2 rings (SSSR count). The summed E-state index contributed by atoms with van der Waals surface area (Å²) in [6.07, 6.45) is 0.715. The Bertz CT molecular complexity index is 850. The molecule has 2 aromatic rings. The van der Waals surface area contributed by atoms with Gasteiger partial charge in [0.15, 0.2) is 5.78 Å². The Morgan fingerprint density at radius 3 is 2.45 bits per heavy atom. The minimum Gasteiger partial charge on any atom is -0.480 e. The molecular weight excluding hydrogens is 374 g/mol. The Balaban J connectivity index is 1.85. The lowest BCUT2D eigenvalue weighted by molar-refractivity contribution is -0.138. The van der Waals surface area contributed by atoms with Crippen molar-refractivity contribution < 1.29 is 29.0 Å². The molecule has 0 fully saturated rings. The number of ether oxygens (including phenoxy) is 2. The number of carbonyl (C=O) groups is 3. The molecule has 0 aromatic heterocycles. The molecule has 2 aromatic carbocycles. The largest absolute Gasteiger partial charge is 0.480 e. The van der Waals surface area contributed by atoms with Crippen LogP contribution in [0.25, 0.3) is 0 Å². The van der Waals surface area contributed by atoms with Crippen molar-refractivity contribution in [2.24, 2.45) is 5.73 Å². The van der Waals surface area contributed by atoms with Crippen LogP contribution in [0.3, 0.4) is 0 Å². The van der Waals surface area contributed by atoms with Crippen molar-refractivity contribution in [3.8, 4) is 5.75 Å². The second kappa shape index (κ2) is 11.1. The van der Waals surface area contributed by atoms with Gasteiger partial charge in [-0.1, -0.05) is 36.4 Å². The number of esters is 1. The summed E-state index contributed by atoms with van der Waals surface area (Å²) in [4.78, 5) is 34.9. The number of ketones is 1. The number of benzene rings is 2. The lowest BCUT2D eigenvalue weighted by Gasteiger charge is -2.12. The van der Waals surface area contributed by atoms with Gasteiger partial charge in [-0.3, -0.25) is 14.4 Å². The molecule has 154 valence electrons. The molecule has 0 aliphatic rings. The lowest BCUT2D eigenvalue weighted by atomic mass is 10.0. The zero-order chi connectivity index (χ0) is 21.2. The summed E-state index contributed by atoms with van der Waals surface area (Å²) in [7, 11) is 0. The van der Waals surface area contributed by atoms with E-state index in [1.807, 2.05) is 30.3 Å². The van der Waals surface area contributed by atoms with Gasteiger partial charge >= 0.3 is 11.9 Å². The van der Waals surface area contributed by atoms with Gasteiger partial charge in [-0.05, 0) is 43.0 Å². The van der Waals surface area contributed by atoms with Gasteiger partial charge < -0.3 is 20.3 Å². The summed E-state index contributed by atoms with van der Waals surface area (Å²) in [6, 6.07) is 13.3. The number of nitrogens with two attached hydrogens (primary N) is 1. The number of hydrogen-bond donors (Lipinski definition) is 2. The summed E-state index contributed by atoms with van der Waals surface area (Å²) >= 11 is 0. The van der Waals surface area contributed by atoms with E-state index in [0.29, 0.717) is 25.2 Å². The third kappa shape index (κ3) is 7.48. The van der Waals surface area contributed by atoms with Gasteiger partial charge in [-0.2, -0.15) is 0 Å². The second-order valence-corrected chi connectivity index (χ2v) is 6.65. The first-order valence-electron chi connectivity index (χ1n) is 9.31. The average Bonchev–Trinajstić information content (AvgIpc) is 2.69. The van der Waals surface area contributed by atoms with Crippen LogP contribution in [0, 0.1) is 0 Å². The van der Waals surface area contributed by atoms with Crippen LogP contribution in [0.1, 0.15) is 41.3 Å². The first-order chi connectivity index (χ1) is 13.9. The molecule has 7 heteroatoms. The van der Waals surface area contributed by atoms with Crippen molar-refractivity contribution in [3.63, 3.8) is 0 Å². The smallest absolute Gasteiger partial charge is 0.320 e. The van der Waals surface area contributed by atoms with E-state index in [1.54, 1.807) is 6.07 Å². The van der Waals surface area contributed by atoms with Crippen molar-refractivity contribution in [2.75, 3.05) is 6.61 Å². The summed E-state index contributed by atoms with van der Waals surface area (Å²) < 4.78 is 10.8. The molecule has 0 saturated heterocycles. The van der Waals surface area contributed by atoms with Gasteiger partial charge in [-0.15, -0.1) is 0 Å². The molecule has 0 spiro atoms. The molecule has 7 nitrogen and oxygen atoms in total. The van der Waals surface area contributed by atoms with E-state index in [2.05, 4.69) is 0 Å². The molecule has 0 bridgehead atoms. The highest BCUT2D eigenvalue weighted by molar-refractivity contribution is 5.97. The molecule has 0 aliphatic heterocycles. The minimum atomic E-state index is -1.13. The van der Waals surface area contributed by atoms with Crippen molar-refractivity contribution in [3.05, 3.63) is 65.2 Å². The van der Waals surface area contributed by atoms with Crippen molar-refractivity contribution in [1.29, 1.82) is 0 Å². The molecule has 29 heavy (non-hydrogen) atoms. The SMILES string of the molecule is CC(=O)c1cc(CC(N)C(=O)O)ccc1OC(=O)CCCOCc1ccccc1. The zero-order valence-corrected chi connectivity index (χ0v) is 16.3. The Morgan fingerprint density at radius 2 is 1.79 bits per heavy atom. The normalized spacial score (nSPS) is 11.7. The maximum atomic E-state index is 12.1. The van der Waals surface area contributed by atoms with Crippen LogP contribution < -0.4 is 10.5 Å². The predicted octanol–water partition coefficient (Wildman–Crippen LogP) is 2.75. The van der Waals surface area contributed by atoms with Crippen molar-refractivity contribution >= 4 is 17.7 Å². The van der Waals surface area contributed by atoms with E-state index >= 15 is 0 Å². The molecule has 3 N–H and O–H groups in total. The van der Waals surface area contributed by atoms with Crippen LogP contribution in [0.4, 0.5) is 0 Å². The van der Waals surface area contributed by atoms with E-state index in [9.17, 15) is 14.4 Å². The summed E-state index contributed by atoms with van der Waals surface area (Å²) in [6.45, 7) is 2.24. The highest BCUT2D eigenvalue weighted by Gasteiger charge is 2.17. The number of Topliss-reactive ketones (excluding diaryl/α,β-unsaturated/α-hetero) is 1. The molecule has 0 heterocycles. The van der Waals surface area contributed by atoms with Gasteiger partial charge in [0.25, 0.3) is 0 Å². The van der Waals surface area contributed by atoms with Gasteiger partial charge in [0.1, 0.15) is 11.8 Å². The molecule has 0 saturated carbocycles. The van der Waals surface area contributed by atoms with E-state index in [0.717, 1.165) is 5.56 Å². The first-order valence-corrected chi connectivity index (χ1v) is 9.31. The van der Waals surface area contributed by atoms with E-state index in [-0.39, 0.29) is 29.9 Å². The van der Waals surface area contributed by atoms with Gasteiger partial charge in [-0.25, -0.2) is 0 Å². The summed E-state index contributed by atoms with van der Waals surface area (Å²) in [5.41, 5.74) is 7.39. The Hall–Kier alpha value is -3.03. The second-order valence-electron chi connectivity index (χ2n) is 6.65. The fraction of sp³-hybridized carbons (Fsp3) is 0.318. The summed E-state index contributed by atoms with van der Waals surface area (Å²) in [5.74, 6) is -1.73. The van der Waals surface area contributed by atoms with E-state index in [4.69, 9.17) is 20.3 Å². The maximum Gasteiger partial charge on any atom is 0.320 e. The first kappa shape index (κ1) is 22.3. The predicted molar refractivity (Wildman–Crippen MR) is 107 cm³/mol. The average molecular weight is 399 g/mol. The third-order valence-electron chi connectivity index (χ3n) is 4.20. The highest BCUT2D eigenvalue weighted by atomic mass is 16.5. The van der Waals surface area contributed by atoms with Gasteiger partial charge in [0.2, 0.25) is 0 Å². The van der Waals surface area contributed by atoms with Crippen LogP contribution in [0.2, 0.25) is 0 Å². The third-order valence-corrected chi connectivity index (χ3v) is 4.20. The van der Waals surface area contributed by atoms with Crippen LogP contribution >= 0.6 is 0 Å². The minimum absolute atomic E-state index is 0.0720. The topological polar surface area (TPSA) is 116 Å². The molecule has 1 atom stereocenters. The molecule has 0 aliphatic carbocycles. The van der Waals surface area contributed by atoms with Crippen LogP contribution in [0.5, 0.6) is 5.75 Å². The molecule has 0 amide bonds. The van der Waals surface area contributed by atoms with Crippen molar-refractivity contribution in [1.82, 2.24) is 0 Å². The number of rotatable bonds is 11. The highest BCUT2D eigenvalue weighted by Crippen LogP contribution is 2.22. The zero-order valence-electron chi connectivity index (χ0n) is 16.3. The van der Waals surface area contributed by atoms with Crippen molar-refractivity contribution in [2.45, 2.75) is 38.8 Å². The van der Waals surface area contributed by atoms with Crippen LogP contribution in [0.15, 0.2) is 48.5 Å². The molecule has 1 unspecified atom stereocenters. The summed E-state index contributed by atoms with van der Waals surface area (Å²) in [5, 5.41) is 8.91. The standard InChI is InChI=1S/C22H25NO6/c1-15(24)18-12-17(13-19(23)22(26)27)9-10-20(18)29-21(25)8-5-11-28-14-16-6-3-2-4-7-16/h2-4,6-7,9-10,12,19H,5,8,11,13-14,23H2,1H3,(H,26,27).